The molecule has 1 aliphatic rings. The van der Waals surface area contributed by atoms with E-state index in [1.807, 2.05) is 18.7 Å². The van der Waals surface area contributed by atoms with Crippen LogP contribution in [0.25, 0.3) is 0 Å². The van der Waals surface area contributed by atoms with E-state index >= 15 is 0 Å². The molecular formula is C17H25ClF3IN6O. The van der Waals surface area contributed by atoms with Gasteiger partial charge in [-0.05, 0) is 26.3 Å². The number of likely N-dealkylation sites (N-methyl/N-ethyl adjacent to an activating group) is 1. The molecule has 1 unspecified atom stereocenters. The maximum atomic E-state index is 12.8. The van der Waals surface area contributed by atoms with E-state index in [0.717, 1.165) is 18.7 Å². The number of nitrogens with one attached hydrogen (secondary N) is 3. The second-order valence-electron chi connectivity index (χ2n) is 6.25. The van der Waals surface area contributed by atoms with Crippen LogP contribution < -0.4 is 20.9 Å². The molecule has 0 aliphatic carbocycles. The highest BCUT2D eigenvalue weighted by molar-refractivity contribution is 14.0. The van der Waals surface area contributed by atoms with Gasteiger partial charge in [0.1, 0.15) is 12.4 Å². The maximum Gasteiger partial charge on any atom is 0.417 e. The van der Waals surface area contributed by atoms with Crippen LogP contribution in [0.3, 0.4) is 0 Å². The Morgan fingerprint density at radius 2 is 2.03 bits per heavy atom. The van der Waals surface area contributed by atoms with Gasteiger partial charge in [0.05, 0.1) is 10.6 Å². The number of guanidine groups is 1. The molecule has 1 amide bonds. The fourth-order valence-electron chi connectivity index (χ4n) is 2.81. The van der Waals surface area contributed by atoms with E-state index in [1.165, 1.54) is 0 Å². The first-order valence-electron chi connectivity index (χ1n) is 9.03. The highest BCUT2D eigenvalue weighted by Crippen LogP contribution is 2.34. The number of pyridine rings is 1. The Morgan fingerprint density at radius 1 is 1.34 bits per heavy atom. The normalized spacial score (nSPS) is 17.0. The Hall–Kier alpha value is -1.50. The minimum absolute atomic E-state index is 0. The minimum atomic E-state index is -4.48. The van der Waals surface area contributed by atoms with E-state index in [2.05, 4.69) is 25.9 Å². The first-order chi connectivity index (χ1) is 13.2. The first kappa shape index (κ1) is 25.5. The fourth-order valence-corrected chi connectivity index (χ4v) is 3.09. The summed E-state index contributed by atoms with van der Waals surface area (Å²) in [6, 6.07) is 0.884. The molecule has 0 saturated carbocycles. The Balaban J connectivity index is 0.00000420. The third kappa shape index (κ3) is 7.68. The van der Waals surface area contributed by atoms with Crippen LogP contribution in [0.5, 0.6) is 0 Å². The van der Waals surface area contributed by atoms with Crippen molar-refractivity contribution >= 4 is 53.3 Å². The molecule has 29 heavy (non-hydrogen) atoms. The minimum Gasteiger partial charge on any atom is -0.357 e. The summed E-state index contributed by atoms with van der Waals surface area (Å²) in [5.41, 5.74) is -0.873. The van der Waals surface area contributed by atoms with Crippen molar-refractivity contribution in [3.63, 3.8) is 0 Å². The number of anilines is 1. The van der Waals surface area contributed by atoms with Crippen molar-refractivity contribution in [3.8, 4) is 0 Å². The lowest BCUT2D eigenvalue weighted by Crippen LogP contribution is -2.45. The van der Waals surface area contributed by atoms with Crippen molar-refractivity contribution in [2.24, 2.45) is 4.99 Å². The van der Waals surface area contributed by atoms with Gasteiger partial charge in [-0.1, -0.05) is 11.6 Å². The first-order valence-corrected chi connectivity index (χ1v) is 9.41. The summed E-state index contributed by atoms with van der Waals surface area (Å²) in [5.74, 6) is 0.656. The quantitative estimate of drug-likeness (QED) is 0.289. The Morgan fingerprint density at radius 3 is 2.62 bits per heavy atom. The lowest BCUT2D eigenvalue weighted by molar-refractivity contribution is -0.137. The summed E-state index contributed by atoms with van der Waals surface area (Å²) in [6.45, 7) is 6.01. The largest absolute Gasteiger partial charge is 0.417 e. The van der Waals surface area contributed by atoms with Gasteiger partial charge < -0.3 is 20.9 Å². The molecule has 164 valence electrons. The highest BCUT2D eigenvalue weighted by atomic mass is 127. The zero-order valence-corrected chi connectivity index (χ0v) is 19.2. The number of hydrogen-bond acceptors (Lipinski definition) is 4. The smallest absolute Gasteiger partial charge is 0.357 e. The Kier molecular flexibility index (Phi) is 10.2. The molecule has 2 rings (SSSR count). The monoisotopic (exact) mass is 548 g/mol. The summed E-state index contributed by atoms with van der Waals surface area (Å²) >= 11 is 6.03. The molecule has 2 heterocycles. The number of amides is 1. The molecule has 1 saturated heterocycles. The molecule has 12 heteroatoms. The molecule has 0 bridgehead atoms. The second-order valence-corrected chi connectivity index (χ2v) is 6.66. The number of aliphatic imine (C=N–C) groups is 1. The lowest BCUT2D eigenvalue weighted by Gasteiger charge is -2.21. The summed E-state index contributed by atoms with van der Waals surface area (Å²) < 4.78 is 38.3. The van der Waals surface area contributed by atoms with Gasteiger partial charge in [-0.2, -0.15) is 13.2 Å². The van der Waals surface area contributed by atoms with Gasteiger partial charge in [-0.25, -0.2) is 9.98 Å². The van der Waals surface area contributed by atoms with Crippen LogP contribution >= 0.6 is 35.6 Å². The van der Waals surface area contributed by atoms with Crippen molar-refractivity contribution in [3.05, 3.63) is 22.8 Å². The predicted octanol–water partition coefficient (Wildman–Crippen LogP) is 2.64. The van der Waals surface area contributed by atoms with Crippen molar-refractivity contribution in [1.29, 1.82) is 0 Å². The third-order valence-corrected chi connectivity index (χ3v) is 4.35. The van der Waals surface area contributed by atoms with Gasteiger partial charge in [0.15, 0.2) is 5.96 Å². The van der Waals surface area contributed by atoms with Crippen LogP contribution in [0.1, 0.15) is 25.8 Å². The van der Waals surface area contributed by atoms with Crippen LogP contribution in [0.2, 0.25) is 5.02 Å². The topological polar surface area (TPSA) is 81.6 Å². The highest BCUT2D eigenvalue weighted by Gasteiger charge is 2.33. The van der Waals surface area contributed by atoms with E-state index in [9.17, 15) is 18.0 Å². The van der Waals surface area contributed by atoms with Crippen LogP contribution in [0, 0.1) is 0 Å². The SMILES string of the molecule is CCNC(=O)CN=C(NCC)NC1CCN(c2ncc(C(F)(F)F)cc2Cl)C1.I. The van der Waals surface area contributed by atoms with Gasteiger partial charge >= 0.3 is 6.18 Å². The van der Waals surface area contributed by atoms with Crippen LogP contribution in [0.15, 0.2) is 17.3 Å². The summed E-state index contributed by atoms with van der Waals surface area (Å²) in [6.07, 6.45) is -2.96. The van der Waals surface area contributed by atoms with E-state index in [-0.39, 0.29) is 47.5 Å². The Bertz CT molecular complexity index is 719. The van der Waals surface area contributed by atoms with Crippen molar-refractivity contribution in [1.82, 2.24) is 20.9 Å². The predicted molar refractivity (Wildman–Crippen MR) is 118 cm³/mol. The number of carbonyl (C=O) groups excluding carboxylic acids is 1. The summed E-state index contributed by atoms with van der Waals surface area (Å²) in [5, 5.41) is 8.95. The number of halogens is 5. The molecular weight excluding hydrogens is 524 g/mol. The van der Waals surface area contributed by atoms with Gasteiger partial charge in [-0.15, -0.1) is 24.0 Å². The summed E-state index contributed by atoms with van der Waals surface area (Å²) in [7, 11) is 0. The molecule has 1 atom stereocenters. The van der Waals surface area contributed by atoms with Crippen LogP contribution in [0.4, 0.5) is 19.0 Å². The van der Waals surface area contributed by atoms with Gasteiger partial charge in [0, 0.05) is 38.4 Å². The van der Waals surface area contributed by atoms with E-state index < -0.39 is 11.7 Å². The lowest BCUT2D eigenvalue weighted by atomic mass is 10.2. The maximum absolute atomic E-state index is 12.8. The molecule has 0 aromatic carbocycles. The third-order valence-electron chi connectivity index (χ3n) is 4.08. The van der Waals surface area contributed by atoms with E-state index in [0.29, 0.717) is 38.0 Å². The zero-order valence-electron chi connectivity index (χ0n) is 16.1. The summed E-state index contributed by atoms with van der Waals surface area (Å²) in [4.78, 5) is 21.6. The number of aromatic nitrogens is 1. The van der Waals surface area contributed by atoms with Gasteiger partial charge in [0.2, 0.25) is 5.91 Å². The fraction of sp³-hybridized carbons (Fsp3) is 0.588. The number of rotatable bonds is 6. The molecule has 0 spiro atoms. The molecule has 3 N–H and O–H groups in total. The van der Waals surface area contributed by atoms with Gasteiger partial charge in [0.25, 0.3) is 0 Å². The van der Waals surface area contributed by atoms with Crippen LogP contribution in [-0.2, 0) is 11.0 Å². The molecule has 1 fully saturated rings. The molecule has 1 aromatic heterocycles. The van der Waals surface area contributed by atoms with Crippen molar-refractivity contribution < 1.29 is 18.0 Å². The van der Waals surface area contributed by atoms with E-state index in [1.54, 1.807) is 0 Å². The number of nitrogens with zero attached hydrogens (tertiary/aromatic N) is 3. The number of alkyl halides is 3. The molecule has 1 aromatic rings. The van der Waals surface area contributed by atoms with Crippen molar-refractivity contribution in [2.75, 3.05) is 37.6 Å². The number of carbonyl (C=O) groups is 1. The standard InChI is InChI=1S/C17H24ClF3N6O.HI/c1-3-22-14(28)9-25-16(23-4-2)26-12-5-6-27(10-12)15-13(18)7-11(8-24-15)17(19,20)21;/h7-8,12H,3-6,9-10H2,1-2H3,(H,22,28)(H2,23,25,26);1H. The van der Waals surface area contributed by atoms with Crippen molar-refractivity contribution in [2.45, 2.75) is 32.5 Å². The van der Waals surface area contributed by atoms with Crippen LogP contribution in [-0.4, -0.2) is 55.6 Å². The van der Waals surface area contributed by atoms with Gasteiger partial charge in [-0.3, -0.25) is 4.79 Å². The zero-order chi connectivity index (χ0) is 20.7. The molecule has 7 nitrogen and oxygen atoms in total. The molecule has 0 radical (unpaired) electrons. The Labute approximate surface area is 189 Å². The average molecular weight is 549 g/mol. The second kappa shape index (κ2) is 11.6. The molecule has 1 aliphatic heterocycles. The average Bonchev–Trinajstić information content (AvgIpc) is 3.07. The van der Waals surface area contributed by atoms with E-state index in [4.69, 9.17) is 11.6 Å². The number of hydrogen-bond donors (Lipinski definition) is 3.